The van der Waals surface area contributed by atoms with Gasteiger partial charge in [0.25, 0.3) is 0 Å². The average molecular weight is 312 g/mol. The Kier molecular flexibility index (Phi) is 4.28. The van der Waals surface area contributed by atoms with Crippen LogP contribution in [0.2, 0.25) is 0 Å². The summed E-state index contributed by atoms with van der Waals surface area (Å²) in [6.45, 7) is 0.0502. The zero-order chi connectivity index (χ0) is 13.0. The van der Waals surface area contributed by atoms with E-state index in [9.17, 15) is 4.39 Å². The van der Waals surface area contributed by atoms with E-state index in [1.165, 1.54) is 12.1 Å². The highest BCUT2D eigenvalue weighted by molar-refractivity contribution is 9.10. The van der Waals surface area contributed by atoms with E-state index in [4.69, 9.17) is 9.84 Å². The molecule has 2 rings (SSSR count). The van der Waals surface area contributed by atoms with Crippen molar-refractivity contribution in [2.24, 2.45) is 0 Å². The summed E-state index contributed by atoms with van der Waals surface area (Å²) in [6, 6.07) is 6.24. The number of halogens is 2. The molecule has 1 aromatic carbocycles. The van der Waals surface area contributed by atoms with E-state index in [0.717, 1.165) is 10.0 Å². The van der Waals surface area contributed by atoms with Crippen molar-refractivity contribution in [1.29, 1.82) is 0 Å². The van der Waals surface area contributed by atoms with Gasteiger partial charge in [0.15, 0.2) is 11.6 Å². The monoisotopic (exact) mass is 311 g/mol. The minimum atomic E-state index is -0.482. The standard InChI is InChI=1S/C13H11BrFNO2/c14-11-3-10(5-16-6-11)8-18-13-2-1-9(7-17)4-12(13)15/h1-6,17H,7-8H2. The van der Waals surface area contributed by atoms with E-state index >= 15 is 0 Å². The molecule has 0 aliphatic carbocycles. The molecule has 18 heavy (non-hydrogen) atoms. The van der Waals surface area contributed by atoms with Crippen LogP contribution in [0, 0.1) is 5.82 Å². The fourth-order valence-electron chi connectivity index (χ4n) is 1.46. The Morgan fingerprint density at radius 3 is 2.72 bits per heavy atom. The van der Waals surface area contributed by atoms with Crippen LogP contribution in [0.4, 0.5) is 4.39 Å². The molecule has 0 aliphatic rings. The topological polar surface area (TPSA) is 42.4 Å². The molecule has 94 valence electrons. The van der Waals surface area contributed by atoms with Crippen molar-refractivity contribution in [1.82, 2.24) is 4.98 Å². The largest absolute Gasteiger partial charge is 0.486 e. The Balaban J connectivity index is 2.06. The fourth-order valence-corrected chi connectivity index (χ4v) is 1.87. The smallest absolute Gasteiger partial charge is 0.165 e. The number of aliphatic hydroxyl groups excluding tert-OH is 1. The summed E-state index contributed by atoms with van der Waals surface area (Å²) in [5, 5.41) is 8.87. The van der Waals surface area contributed by atoms with Gasteiger partial charge in [-0.1, -0.05) is 6.07 Å². The highest BCUT2D eigenvalue weighted by Gasteiger charge is 2.05. The normalized spacial score (nSPS) is 10.4. The molecule has 0 atom stereocenters. The number of ether oxygens (including phenoxy) is 1. The van der Waals surface area contributed by atoms with Gasteiger partial charge in [-0.3, -0.25) is 4.98 Å². The van der Waals surface area contributed by atoms with Crippen LogP contribution in [-0.2, 0) is 13.2 Å². The lowest BCUT2D eigenvalue weighted by atomic mass is 10.2. The summed E-state index contributed by atoms with van der Waals surface area (Å²) in [5.41, 5.74) is 1.36. The summed E-state index contributed by atoms with van der Waals surface area (Å²) in [5.74, 6) is -0.323. The Morgan fingerprint density at radius 1 is 1.22 bits per heavy atom. The second-order valence-corrected chi connectivity index (χ2v) is 4.64. The highest BCUT2D eigenvalue weighted by atomic mass is 79.9. The molecule has 0 saturated heterocycles. The lowest BCUT2D eigenvalue weighted by Gasteiger charge is -2.08. The average Bonchev–Trinajstić information content (AvgIpc) is 2.37. The maximum Gasteiger partial charge on any atom is 0.165 e. The number of nitrogens with zero attached hydrogens (tertiary/aromatic N) is 1. The zero-order valence-corrected chi connectivity index (χ0v) is 11.0. The first-order valence-corrected chi connectivity index (χ1v) is 6.10. The van der Waals surface area contributed by atoms with Gasteiger partial charge < -0.3 is 9.84 Å². The molecule has 1 N–H and O–H groups in total. The van der Waals surface area contributed by atoms with Gasteiger partial charge in [0, 0.05) is 22.4 Å². The summed E-state index contributed by atoms with van der Waals surface area (Å²) >= 11 is 3.30. The third kappa shape index (κ3) is 3.27. The molecule has 1 aromatic heterocycles. The zero-order valence-electron chi connectivity index (χ0n) is 9.44. The number of pyridine rings is 1. The van der Waals surface area contributed by atoms with Gasteiger partial charge in [0.2, 0.25) is 0 Å². The fraction of sp³-hybridized carbons (Fsp3) is 0.154. The highest BCUT2D eigenvalue weighted by Crippen LogP contribution is 2.20. The van der Waals surface area contributed by atoms with Crippen LogP contribution < -0.4 is 4.74 Å². The molecule has 0 bridgehead atoms. The Morgan fingerprint density at radius 2 is 2.06 bits per heavy atom. The van der Waals surface area contributed by atoms with Crippen molar-refractivity contribution < 1.29 is 14.2 Å². The first-order valence-electron chi connectivity index (χ1n) is 5.30. The molecule has 0 fully saturated rings. The summed E-state index contributed by atoms with van der Waals surface area (Å²) in [7, 11) is 0. The summed E-state index contributed by atoms with van der Waals surface area (Å²) in [6.07, 6.45) is 3.32. The SMILES string of the molecule is OCc1ccc(OCc2cncc(Br)c2)c(F)c1. The maximum atomic E-state index is 13.6. The van der Waals surface area contributed by atoms with Gasteiger partial charge >= 0.3 is 0 Å². The molecule has 0 spiro atoms. The van der Waals surface area contributed by atoms with Crippen LogP contribution in [0.1, 0.15) is 11.1 Å². The quantitative estimate of drug-likeness (QED) is 0.943. The van der Waals surface area contributed by atoms with Crippen LogP contribution in [0.3, 0.4) is 0 Å². The molecular weight excluding hydrogens is 301 g/mol. The van der Waals surface area contributed by atoms with Crippen molar-refractivity contribution in [2.75, 3.05) is 0 Å². The van der Waals surface area contributed by atoms with Gasteiger partial charge in [-0.2, -0.15) is 0 Å². The molecule has 0 unspecified atom stereocenters. The molecule has 0 aliphatic heterocycles. The van der Waals surface area contributed by atoms with Crippen molar-refractivity contribution >= 4 is 15.9 Å². The van der Waals surface area contributed by atoms with E-state index < -0.39 is 5.82 Å². The van der Waals surface area contributed by atoms with Crippen molar-refractivity contribution in [3.8, 4) is 5.75 Å². The number of hydrogen-bond acceptors (Lipinski definition) is 3. The third-order valence-corrected chi connectivity index (χ3v) is 2.77. The molecule has 3 nitrogen and oxygen atoms in total. The molecule has 2 aromatic rings. The minimum absolute atomic E-state index is 0.159. The number of hydrogen-bond donors (Lipinski definition) is 1. The Labute approximate surface area is 112 Å². The van der Waals surface area contributed by atoms with Crippen LogP contribution in [0.25, 0.3) is 0 Å². The van der Waals surface area contributed by atoms with Crippen molar-refractivity contribution in [2.45, 2.75) is 13.2 Å². The van der Waals surface area contributed by atoms with Gasteiger partial charge in [-0.25, -0.2) is 4.39 Å². The van der Waals surface area contributed by atoms with Crippen LogP contribution in [-0.4, -0.2) is 10.1 Å². The Hall–Kier alpha value is -1.46. The van der Waals surface area contributed by atoms with E-state index in [-0.39, 0.29) is 19.0 Å². The second-order valence-electron chi connectivity index (χ2n) is 3.72. The molecule has 0 radical (unpaired) electrons. The first kappa shape index (κ1) is 13.0. The van der Waals surface area contributed by atoms with Crippen molar-refractivity contribution in [3.63, 3.8) is 0 Å². The second kappa shape index (κ2) is 5.93. The first-order chi connectivity index (χ1) is 8.69. The molecular formula is C13H11BrFNO2. The van der Waals surface area contributed by atoms with E-state index in [2.05, 4.69) is 20.9 Å². The van der Waals surface area contributed by atoms with Crippen molar-refractivity contribution in [3.05, 3.63) is 58.1 Å². The van der Waals surface area contributed by atoms with Gasteiger partial charge in [-0.05, 0) is 39.7 Å². The molecule has 5 heteroatoms. The van der Waals surface area contributed by atoms with Crippen LogP contribution >= 0.6 is 15.9 Å². The number of rotatable bonds is 4. The van der Waals surface area contributed by atoms with Crippen LogP contribution in [0.5, 0.6) is 5.75 Å². The van der Waals surface area contributed by atoms with E-state index in [0.29, 0.717) is 5.56 Å². The molecule has 1 heterocycles. The number of aliphatic hydroxyl groups is 1. The van der Waals surface area contributed by atoms with E-state index in [1.54, 1.807) is 18.5 Å². The van der Waals surface area contributed by atoms with Gasteiger partial charge in [-0.15, -0.1) is 0 Å². The lowest BCUT2D eigenvalue weighted by molar-refractivity contribution is 0.276. The summed E-state index contributed by atoms with van der Waals surface area (Å²) < 4.78 is 19.8. The lowest BCUT2D eigenvalue weighted by Crippen LogP contribution is -1.98. The minimum Gasteiger partial charge on any atom is -0.486 e. The third-order valence-electron chi connectivity index (χ3n) is 2.33. The van der Waals surface area contributed by atoms with E-state index in [1.807, 2.05) is 6.07 Å². The Bertz CT molecular complexity index is 548. The molecule has 0 saturated carbocycles. The number of benzene rings is 1. The van der Waals surface area contributed by atoms with Gasteiger partial charge in [0.05, 0.1) is 6.61 Å². The maximum absolute atomic E-state index is 13.6. The van der Waals surface area contributed by atoms with Gasteiger partial charge in [0.1, 0.15) is 6.61 Å². The number of aromatic nitrogens is 1. The summed E-state index contributed by atoms with van der Waals surface area (Å²) in [4.78, 5) is 3.99. The predicted octanol–water partition coefficient (Wildman–Crippen LogP) is 3.05. The molecule has 0 amide bonds. The van der Waals surface area contributed by atoms with Crippen LogP contribution in [0.15, 0.2) is 41.1 Å². The predicted molar refractivity (Wildman–Crippen MR) is 68.6 cm³/mol.